The predicted molar refractivity (Wildman–Crippen MR) is 119 cm³/mol. The summed E-state index contributed by atoms with van der Waals surface area (Å²) in [6.07, 6.45) is 1.83. The van der Waals surface area contributed by atoms with Gasteiger partial charge in [-0.1, -0.05) is 48.5 Å². The summed E-state index contributed by atoms with van der Waals surface area (Å²) in [5, 5.41) is 3.63. The van der Waals surface area contributed by atoms with E-state index >= 15 is 0 Å². The molecule has 4 rings (SSSR count). The molecule has 0 unspecified atom stereocenters. The first kappa shape index (κ1) is 20.6. The lowest BCUT2D eigenvalue weighted by Gasteiger charge is -2.12. The molecule has 4 aromatic rings. The van der Waals surface area contributed by atoms with Gasteiger partial charge in [0.2, 0.25) is 0 Å². The Labute approximate surface area is 180 Å². The number of nitrogens with zero attached hydrogens (tertiary/aromatic N) is 1. The molecule has 3 aromatic carbocycles. The fraction of sp³-hybridized carbons (Fsp3) is 0.160. The van der Waals surface area contributed by atoms with E-state index in [0.717, 1.165) is 16.5 Å². The maximum Gasteiger partial charge on any atom is 0.257 e. The summed E-state index contributed by atoms with van der Waals surface area (Å²) in [7, 11) is 1.57. The van der Waals surface area contributed by atoms with Gasteiger partial charge in [-0.05, 0) is 23.8 Å². The van der Waals surface area contributed by atoms with E-state index in [1.54, 1.807) is 7.11 Å². The molecule has 6 heteroatoms. The molecule has 0 bridgehead atoms. The van der Waals surface area contributed by atoms with Gasteiger partial charge in [-0.25, -0.2) is 4.39 Å². The van der Waals surface area contributed by atoms with Crippen molar-refractivity contribution in [2.24, 2.45) is 0 Å². The molecule has 0 saturated heterocycles. The summed E-state index contributed by atoms with van der Waals surface area (Å²) in [6.45, 7) is 1.32. The van der Waals surface area contributed by atoms with E-state index in [2.05, 4.69) is 5.32 Å². The topological polar surface area (TPSA) is 52.5 Å². The highest BCUT2D eigenvalue weighted by atomic mass is 19.1. The predicted octanol–water partition coefficient (Wildman–Crippen LogP) is 5.11. The molecule has 5 nitrogen and oxygen atoms in total. The van der Waals surface area contributed by atoms with E-state index < -0.39 is 5.82 Å². The summed E-state index contributed by atoms with van der Waals surface area (Å²) in [6, 6.07) is 21.8. The zero-order chi connectivity index (χ0) is 21.6. The smallest absolute Gasteiger partial charge is 0.257 e. The lowest BCUT2D eigenvalue weighted by molar-refractivity contribution is 0.102. The first-order valence-corrected chi connectivity index (χ1v) is 10.00. The average Bonchev–Trinajstić information content (AvgIpc) is 3.15. The molecule has 1 N–H and O–H groups in total. The van der Waals surface area contributed by atoms with Gasteiger partial charge in [-0.15, -0.1) is 0 Å². The van der Waals surface area contributed by atoms with E-state index in [9.17, 15) is 9.18 Å². The number of carbonyl (C=O) groups excluding carboxylic acids is 1. The van der Waals surface area contributed by atoms with Crippen molar-refractivity contribution in [1.29, 1.82) is 0 Å². The largest absolute Gasteiger partial charge is 0.489 e. The minimum absolute atomic E-state index is 0.279. The number of anilines is 1. The number of ether oxygens (including phenoxy) is 2. The van der Waals surface area contributed by atoms with Gasteiger partial charge in [0, 0.05) is 36.8 Å². The second-order valence-corrected chi connectivity index (χ2v) is 7.11. The SMILES string of the molecule is COCCOc1ccc(F)cc1NC(=O)c1cn(Cc2ccccc2)c2ccccc12. The zero-order valence-electron chi connectivity index (χ0n) is 17.2. The molecule has 1 amide bonds. The number of halogens is 1. The first-order valence-electron chi connectivity index (χ1n) is 10.00. The van der Waals surface area contributed by atoms with Crippen LogP contribution in [0.4, 0.5) is 10.1 Å². The normalized spacial score (nSPS) is 10.9. The van der Waals surface area contributed by atoms with Crippen LogP contribution >= 0.6 is 0 Å². The van der Waals surface area contributed by atoms with E-state index in [1.807, 2.05) is 65.4 Å². The van der Waals surface area contributed by atoms with Crippen molar-refractivity contribution in [3.05, 3.63) is 95.9 Å². The number of methoxy groups -OCH3 is 1. The number of hydrogen-bond acceptors (Lipinski definition) is 3. The Morgan fingerprint density at radius 1 is 1.00 bits per heavy atom. The van der Waals surface area contributed by atoms with Gasteiger partial charge in [-0.2, -0.15) is 0 Å². The molecule has 31 heavy (non-hydrogen) atoms. The highest BCUT2D eigenvalue weighted by Crippen LogP contribution is 2.28. The molecule has 0 radical (unpaired) electrons. The van der Waals surface area contributed by atoms with Gasteiger partial charge < -0.3 is 19.4 Å². The van der Waals surface area contributed by atoms with Gasteiger partial charge in [-0.3, -0.25) is 4.79 Å². The Morgan fingerprint density at radius 3 is 2.58 bits per heavy atom. The Kier molecular flexibility index (Phi) is 6.29. The molecule has 0 aliphatic heterocycles. The van der Waals surface area contributed by atoms with Crippen LogP contribution in [0.5, 0.6) is 5.75 Å². The van der Waals surface area contributed by atoms with Gasteiger partial charge in [0.15, 0.2) is 0 Å². The standard InChI is InChI=1S/C25H23FN2O3/c1-30-13-14-31-24-12-11-19(26)15-22(24)27-25(29)21-17-28(16-18-7-3-2-4-8-18)23-10-6-5-9-20(21)23/h2-12,15,17H,13-14,16H2,1H3,(H,27,29). The third kappa shape index (κ3) is 4.75. The van der Waals surface area contributed by atoms with E-state index in [4.69, 9.17) is 9.47 Å². The van der Waals surface area contributed by atoms with Crippen molar-refractivity contribution >= 4 is 22.5 Å². The molecule has 1 heterocycles. The number of benzene rings is 3. The van der Waals surface area contributed by atoms with E-state index in [1.165, 1.54) is 18.2 Å². The molecule has 0 fully saturated rings. The van der Waals surface area contributed by atoms with E-state index in [-0.39, 0.29) is 11.6 Å². The van der Waals surface area contributed by atoms with Crippen LogP contribution in [-0.4, -0.2) is 30.8 Å². The van der Waals surface area contributed by atoms with Crippen LogP contribution in [0.1, 0.15) is 15.9 Å². The van der Waals surface area contributed by atoms with Crippen molar-refractivity contribution < 1.29 is 18.7 Å². The zero-order valence-corrected chi connectivity index (χ0v) is 17.2. The van der Waals surface area contributed by atoms with Crippen LogP contribution in [0.2, 0.25) is 0 Å². The Morgan fingerprint density at radius 2 is 1.77 bits per heavy atom. The lowest BCUT2D eigenvalue weighted by Crippen LogP contribution is -2.14. The van der Waals surface area contributed by atoms with E-state index in [0.29, 0.717) is 31.1 Å². The van der Waals surface area contributed by atoms with Gasteiger partial charge in [0.25, 0.3) is 5.91 Å². The van der Waals surface area contributed by atoms with Crippen LogP contribution in [-0.2, 0) is 11.3 Å². The van der Waals surface area contributed by atoms with Crippen molar-refractivity contribution in [2.75, 3.05) is 25.6 Å². The van der Waals surface area contributed by atoms with Gasteiger partial charge in [0.05, 0.1) is 17.9 Å². The molecule has 0 aliphatic carbocycles. The number of carbonyl (C=O) groups is 1. The number of hydrogen-bond donors (Lipinski definition) is 1. The third-order valence-electron chi connectivity index (χ3n) is 4.96. The summed E-state index contributed by atoms with van der Waals surface area (Å²) >= 11 is 0. The van der Waals surface area contributed by atoms with Crippen LogP contribution in [0.25, 0.3) is 10.9 Å². The van der Waals surface area contributed by atoms with Crippen molar-refractivity contribution in [3.8, 4) is 5.75 Å². The summed E-state index contributed by atoms with van der Waals surface area (Å²) in [4.78, 5) is 13.2. The number of rotatable bonds is 8. The van der Waals surface area contributed by atoms with Crippen LogP contribution in [0, 0.1) is 5.82 Å². The minimum atomic E-state index is -0.458. The fourth-order valence-corrected chi connectivity index (χ4v) is 3.49. The van der Waals surface area contributed by atoms with Crippen LogP contribution < -0.4 is 10.1 Å². The molecular weight excluding hydrogens is 395 g/mol. The minimum Gasteiger partial charge on any atom is -0.489 e. The molecule has 1 aromatic heterocycles. The molecular formula is C25H23FN2O3. The fourth-order valence-electron chi connectivity index (χ4n) is 3.49. The Balaban J connectivity index is 1.64. The quantitative estimate of drug-likeness (QED) is 0.405. The number of amides is 1. The Bertz CT molecular complexity index is 1190. The Hall–Kier alpha value is -3.64. The second kappa shape index (κ2) is 9.45. The number of para-hydroxylation sites is 1. The van der Waals surface area contributed by atoms with Crippen molar-refractivity contribution in [2.45, 2.75) is 6.54 Å². The first-order chi connectivity index (χ1) is 15.2. The third-order valence-corrected chi connectivity index (χ3v) is 4.96. The maximum absolute atomic E-state index is 13.9. The van der Waals surface area contributed by atoms with Gasteiger partial charge in [0.1, 0.15) is 18.2 Å². The molecule has 0 atom stereocenters. The maximum atomic E-state index is 13.9. The molecule has 0 saturated carbocycles. The lowest BCUT2D eigenvalue weighted by atomic mass is 10.1. The second-order valence-electron chi connectivity index (χ2n) is 7.11. The average molecular weight is 418 g/mol. The van der Waals surface area contributed by atoms with Crippen molar-refractivity contribution in [3.63, 3.8) is 0 Å². The summed E-state index contributed by atoms with van der Waals surface area (Å²) < 4.78 is 26.5. The number of fused-ring (bicyclic) bond motifs is 1. The number of nitrogens with one attached hydrogen (secondary N) is 1. The molecule has 158 valence electrons. The molecule has 0 aliphatic rings. The van der Waals surface area contributed by atoms with Crippen molar-refractivity contribution in [1.82, 2.24) is 4.57 Å². The van der Waals surface area contributed by atoms with Gasteiger partial charge >= 0.3 is 0 Å². The van der Waals surface area contributed by atoms with Crippen LogP contribution in [0.3, 0.4) is 0 Å². The highest BCUT2D eigenvalue weighted by Gasteiger charge is 2.17. The summed E-state index contributed by atoms with van der Waals surface area (Å²) in [5.74, 6) is -0.397. The number of aromatic nitrogens is 1. The molecule has 0 spiro atoms. The summed E-state index contributed by atoms with van der Waals surface area (Å²) in [5.41, 5.74) is 2.88. The van der Waals surface area contributed by atoms with Crippen LogP contribution in [0.15, 0.2) is 79.0 Å². The highest BCUT2D eigenvalue weighted by molar-refractivity contribution is 6.13. The monoisotopic (exact) mass is 418 g/mol.